The summed E-state index contributed by atoms with van der Waals surface area (Å²) >= 11 is 5.76. The molecule has 0 atom stereocenters. The second-order valence-electron chi connectivity index (χ2n) is 4.56. The standard InChI is InChI=1S/C15H17ClN2O2S/c1-2-11-17-13-5-7-14(8-6-13)18-21(19,20)15-9-3-12(16)4-10-15/h3-10,17-18H,2,11H2,1H3. The molecule has 2 rings (SSSR count). The SMILES string of the molecule is CCCNc1ccc(NS(=O)(=O)c2ccc(Cl)cc2)cc1. The van der Waals surface area contributed by atoms with E-state index in [9.17, 15) is 8.42 Å². The lowest BCUT2D eigenvalue weighted by Gasteiger charge is -2.09. The van der Waals surface area contributed by atoms with Crippen LogP contribution in [0, 0.1) is 0 Å². The zero-order valence-electron chi connectivity index (χ0n) is 11.6. The maximum Gasteiger partial charge on any atom is 0.261 e. The van der Waals surface area contributed by atoms with Crippen LogP contribution < -0.4 is 10.0 Å². The number of rotatable bonds is 6. The lowest BCUT2D eigenvalue weighted by atomic mass is 10.3. The number of hydrogen-bond acceptors (Lipinski definition) is 3. The van der Waals surface area contributed by atoms with Crippen molar-refractivity contribution in [2.24, 2.45) is 0 Å². The van der Waals surface area contributed by atoms with Gasteiger partial charge in [-0.05, 0) is 55.0 Å². The number of benzene rings is 2. The van der Waals surface area contributed by atoms with Gasteiger partial charge >= 0.3 is 0 Å². The third-order valence-corrected chi connectivity index (χ3v) is 4.49. The topological polar surface area (TPSA) is 58.2 Å². The molecule has 2 aromatic carbocycles. The van der Waals surface area contributed by atoms with Gasteiger partial charge in [0.05, 0.1) is 4.90 Å². The third-order valence-electron chi connectivity index (χ3n) is 2.84. The molecule has 112 valence electrons. The molecule has 21 heavy (non-hydrogen) atoms. The summed E-state index contributed by atoms with van der Waals surface area (Å²) in [4.78, 5) is 0.181. The van der Waals surface area contributed by atoms with Crippen LogP contribution in [0.5, 0.6) is 0 Å². The fourth-order valence-electron chi connectivity index (χ4n) is 1.75. The smallest absolute Gasteiger partial charge is 0.261 e. The Kier molecular flexibility index (Phi) is 5.09. The van der Waals surface area contributed by atoms with E-state index in [0.29, 0.717) is 10.7 Å². The van der Waals surface area contributed by atoms with Gasteiger partial charge < -0.3 is 5.32 Å². The van der Waals surface area contributed by atoms with Crippen molar-refractivity contribution >= 4 is 33.0 Å². The molecule has 0 aliphatic rings. The largest absolute Gasteiger partial charge is 0.385 e. The zero-order chi connectivity index (χ0) is 15.3. The first-order chi connectivity index (χ1) is 10.0. The normalized spacial score (nSPS) is 11.1. The highest BCUT2D eigenvalue weighted by molar-refractivity contribution is 7.92. The van der Waals surface area contributed by atoms with E-state index < -0.39 is 10.0 Å². The Balaban J connectivity index is 2.11. The predicted molar refractivity (Wildman–Crippen MR) is 87.5 cm³/mol. The van der Waals surface area contributed by atoms with Crippen LogP contribution in [0.2, 0.25) is 5.02 Å². The Morgan fingerprint density at radius 2 is 1.52 bits per heavy atom. The van der Waals surface area contributed by atoms with Crippen LogP contribution in [0.3, 0.4) is 0 Å². The molecule has 0 aliphatic heterocycles. The minimum absolute atomic E-state index is 0.181. The summed E-state index contributed by atoms with van der Waals surface area (Å²) in [7, 11) is -3.59. The lowest BCUT2D eigenvalue weighted by Crippen LogP contribution is -2.12. The van der Waals surface area contributed by atoms with Gasteiger partial charge in [-0.25, -0.2) is 8.42 Å². The molecular formula is C15H17ClN2O2S. The first-order valence-corrected chi connectivity index (χ1v) is 8.50. The molecule has 0 amide bonds. The molecule has 2 aromatic rings. The molecule has 2 N–H and O–H groups in total. The van der Waals surface area contributed by atoms with E-state index in [1.54, 1.807) is 24.3 Å². The van der Waals surface area contributed by atoms with E-state index >= 15 is 0 Å². The molecule has 0 bridgehead atoms. The quantitative estimate of drug-likeness (QED) is 0.845. The van der Waals surface area contributed by atoms with Crippen molar-refractivity contribution < 1.29 is 8.42 Å². The number of sulfonamides is 1. The summed E-state index contributed by atoms with van der Waals surface area (Å²) in [5, 5.41) is 3.73. The number of halogens is 1. The fraction of sp³-hybridized carbons (Fsp3) is 0.200. The number of nitrogens with one attached hydrogen (secondary N) is 2. The summed E-state index contributed by atoms with van der Waals surface area (Å²) in [5.41, 5.74) is 1.48. The van der Waals surface area contributed by atoms with Gasteiger partial charge in [0.25, 0.3) is 10.0 Å². The van der Waals surface area contributed by atoms with E-state index in [1.807, 2.05) is 12.1 Å². The fourth-order valence-corrected chi connectivity index (χ4v) is 2.94. The van der Waals surface area contributed by atoms with Crippen molar-refractivity contribution in [2.45, 2.75) is 18.2 Å². The maximum absolute atomic E-state index is 12.2. The summed E-state index contributed by atoms with van der Waals surface area (Å²) in [6.45, 7) is 2.97. The van der Waals surface area contributed by atoms with E-state index in [4.69, 9.17) is 11.6 Å². The van der Waals surface area contributed by atoms with Gasteiger partial charge in [-0.1, -0.05) is 18.5 Å². The molecule has 0 saturated heterocycles. The molecule has 0 unspecified atom stereocenters. The molecule has 0 saturated carbocycles. The average Bonchev–Trinajstić information content (AvgIpc) is 2.47. The van der Waals surface area contributed by atoms with Crippen molar-refractivity contribution in [1.29, 1.82) is 0 Å². The maximum atomic E-state index is 12.2. The summed E-state index contributed by atoms with van der Waals surface area (Å²) in [6.07, 6.45) is 1.03. The molecule has 6 heteroatoms. The summed E-state index contributed by atoms with van der Waals surface area (Å²) in [5.74, 6) is 0. The molecule has 0 heterocycles. The highest BCUT2D eigenvalue weighted by atomic mass is 35.5. The van der Waals surface area contributed by atoms with E-state index in [1.165, 1.54) is 12.1 Å². The van der Waals surface area contributed by atoms with Gasteiger partial charge in [0, 0.05) is 22.9 Å². The molecule has 0 radical (unpaired) electrons. The van der Waals surface area contributed by atoms with Crippen molar-refractivity contribution in [2.75, 3.05) is 16.6 Å². The Hall–Kier alpha value is -1.72. The third kappa shape index (κ3) is 4.37. The van der Waals surface area contributed by atoms with E-state index in [-0.39, 0.29) is 4.90 Å². The Bertz CT molecular complexity index is 683. The second-order valence-corrected chi connectivity index (χ2v) is 6.68. The Labute approximate surface area is 130 Å². The van der Waals surface area contributed by atoms with Crippen molar-refractivity contribution in [1.82, 2.24) is 0 Å². The summed E-state index contributed by atoms with van der Waals surface area (Å²) in [6, 6.07) is 13.2. The van der Waals surface area contributed by atoms with Crippen molar-refractivity contribution in [3.8, 4) is 0 Å². The highest BCUT2D eigenvalue weighted by Crippen LogP contribution is 2.19. The second kappa shape index (κ2) is 6.83. The van der Waals surface area contributed by atoms with Gasteiger partial charge in [-0.2, -0.15) is 0 Å². The lowest BCUT2D eigenvalue weighted by molar-refractivity contribution is 0.601. The van der Waals surface area contributed by atoms with Crippen LogP contribution in [0.4, 0.5) is 11.4 Å². The molecule has 0 spiro atoms. The number of anilines is 2. The predicted octanol–water partition coefficient (Wildman–Crippen LogP) is 3.96. The van der Waals surface area contributed by atoms with Gasteiger partial charge in [-0.3, -0.25) is 4.72 Å². The highest BCUT2D eigenvalue weighted by Gasteiger charge is 2.13. The van der Waals surface area contributed by atoms with Crippen LogP contribution in [0.15, 0.2) is 53.4 Å². The molecule has 0 aliphatic carbocycles. The minimum atomic E-state index is -3.59. The Morgan fingerprint density at radius 1 is 0.952 bits per heavy atom. The monoisotopic (exact) mass is 324 g/mol. The molecule has 0 fully saturated rings. The molecular weight excluding hydrogens is 308 g/mol. The summed E-state index contributed by atoms with van der Waals surface area (Å²) < 4.78 is 26.9. The Morgan fingerprint density at radius 3 is 2.10 bits per heavy atom. The first kappa shape index (κ1) is 15.7. The number of hydrogen-bond donors (Lipinski definition) is 2. The molecule has 4 nitrogen and oxygen atoms in total. The van der Waals surface area contributed by atoms with Crippen LogP contribution >= 0.6 is 11.6 Å². The molecule has 0 aromatic heterocycles. The van der Waals surface area contributed by atoms with Crippen molar-refractivity contribution in [3.63, 3.8) is 0 Å². The van der Waals surface area contributed by atoms with Crippen LogP contribution in [0.25, 0.3) is 0 Å². The van der Waals surface area contributed by atoms with Gasteiger partial charge in [0.15, 0.2) is 0 Å². The van der Waals surface area contributed by atoms with Gasteiger partial charge in [0.2, 0.25) is 0 Å². The van der Waals surface area contributed by atoms with E-state index in [0.717, 1.165) is 18.7 Å². The van der Waals surface area contributed by atoms with Crippen LogP contribution in [0.1, 0.15) is 13.3 Å². The van der Waals surface area contributed by atoms with Crippen LogP contribution in [-0.2, 0) is 10.0 Å². The first-order valence-electron chi connectivity index (χ1n) is 6.63. The van der Waals surface area contributed by atoms with Gasteiger partial charge in [0.1, 0.15) is 0 Å². The van der Waals surface area contributed by atoms with E-state index in [2.05, 4.69) is 17.0 Å². The zero-order valence-corrected chi connectivity index (χ0v) is 13.2. The minimum Gasteiger partial charge on any atom is -0.385 e. The van der Waals surface area contributed by atoms with Gasteiger partial charge in [-0.15, -0.1) is 0 Å². The van der Waals surface area contributed by atoms with Crippen LogP contribution in [-0.4, -0.2) is 15.0 Å². The average molecular weight is 325 g/mol. The van der Waals surface area contributed by atoms with Crippen molar-refractivity contribution in [3.05, 3.63) is 53.6 Å².